The molecule has 1 amide bonds. The number of benzene rings is 1. The Hall–Kier alpha value is -2.12. The number of aryl methyl sites for hydroxylation is 1. The van der Waals surface area contributed by atoms with E-state index in [2.05, 4.69) is 10.3 Å². The molecule has 2 N–H and O–H groups in total. The van der Waals surface area contributed by atoms with Crippen LogP contribution in [0.3, 0.4) is 0 Å². The molecular weight excluding hydrogens is 316 g/mol. The third kappa shape index (κ3) is 4.00. The number of rotatable bonds is 4. The van der Waals surface area contributed by atoms with Crippen molar-refractivity contribution in [3.05, 3.63) is 53.5 Å². The lowest BCUT2D eigenvalue weighted by Crippen LogP contribution is -2.41. The van der Waals surface area contributed by atoms with E-state index in [1.165, 1.54) is 24.5 Å². The van der Waals surface area contributed by atoms with E-state index >= 15 is 0 Å². The molecule has 1 aromatic carbocycles. The molecule has 6 nitrogen and oxygen atoms in total. The zero-order valence-corrected chi connectivity index (χ0v) is 14.3. The summed E-state index contributed by atoms with van der Waals surface area (Å²) in [4.78, 5) is 14.1. The fraction of sp³-hybridized carbons (Fsp3) is 0.312. The third-order valence-electron chi connectivity index (χ3n) is 3.43. The van der Waals surface area contributed by atoms with Crippen LogP contribution in [0.25, 0.3) is 0 Å². The first-order chi connectivity index (χ1) is 10.6. The Morgan fingerprint density at radius 2 is 1.70 bits per heavy atom. The number of hydrazine groups is 1. The summed E-state index contributed by atoms with van der Waals surface area (Å²) in [6.07, 6.45) is 1.37. The SMILES string of the molecule is Cc1occc1C(=O)NNS(=O)(=O)c1ccc(C(C)(C)C)cc1. The molecule has 0 fully saturated rings. The Morgan fingerprint density at radius 1 is 1.09 bits per heavy atom. The van der Waals surface area contributed by atoms with E-state index in [0.717, 1.165) is 5.56 Å². The van der Waals surface area contributed by atoms with Crippen molar-refractivity contribution in [1.82, 2.24) is 10.3 Å². The molecule has 0 atom stereocenters. The number of nitrogens with one attached hydrogen (secondary N) is 2. The molecule has 0 aliphatic rings. The van der Waals surface area contributed by atoms with Gasteiger partial charge in [0.1, 0.15) is 5.76 Å². The summed E-state index contributed by atoms with van der Waals surface area (Å²) in [5.74, 6) is -0.164. The first-order valence-electron chi connectivity index (χ1n) is 7.08. The van der Waals surface area contributed by atoms with E-state index in [-0.39, 0.29) is 15.9 Å². The summed E-state index contributed by atoms with van der Waals surface area (Å²) in [6, 6.07) is 8.01. The smallest absolute Gasteiger partial charge is 0.269 e. The number of sulfonamides is 1. The minimum absolute atomic E-state index is 0.0667. The minimum Gasteiger partial charge on any atom is -0.469 e. The van der Waals surface area contributed by atoms with Crippen molar-refractivity contribution >= 4 is 15.9 Å². The van der Waals surface area contributed by atoms with E-state index in [0.29, 0.717) is 5.76 Å². The second kappa shape index (κ2) is 6.17. The van der Waals surface area contributed by atoms with Gasteiger partial charge in [0, 0.05) is 0 Å². The molecule has 0 saturated carbocycles. The van der Waals surface area contributed by atoms with Crippen LogP contribution >= 0.6 is 0 Å². The van der Waals surface area contributed by atoms with Gasteiger partial charge in [-0.1, -0.05) is 32.9 Å². The molecule has 0 saturated heterocycles. The highest BCUT2D eigenvalue weighted by molar-refractivity contribution is 7.89. The van der Waals surface area contributed by atoms with E-state index < -0.39 is 15.9 Å². The molecule has 0 radical (unpaired) electrons. The van der Waals surface area contributed by atoms with Crippen molar-refractivity contribution in [2.24, 2.45) is 0 Å². The molecule has 1 aromatic heterocycles. The molecule has 0 aliphatic heterocycles. The maximum absolute atomic E-state index is 12.2. The van der Waals surface area contributed by atoms with Crippen LogP contribution in [0.1, 0.15) is 42.5 Å². The lowest BCUT2D eigenvalue weighted by Gasteiger charge is -2.19. The fourth-order valence-corrected chi connectivity index (χ4v) is 2.83. The predicted octanol–water partition coefficient (Wildman–Crippen LogP) is 2.51. The number of hydrogen-bond acceptors (Lipinski definition) is 4. The van der Waals surface area contributed by atoms with Crippen LogP contribution in [0.2, 0.25) is 0 Å². The van der Waals surface area contributed by atoms with Crippen molar-refractivity contribution < 1.29 is 17.6 Å². The Labute approximate surface area is 135 Å². The van der Waals surface area contributed by atoms with Gasteiger partial charge in [-0.2, -0.15) is 0 Å². The summed E-state index contributed by atoms with van der Waals surface area (Å²) < 4.78 is 29.4. The van der Waals surface area contributed by atoms with E-state index in [9.17, 15) is 13.2 Å². The fourth-order valence-electron chi connectivity index (χ4n) is 1.99. The van der Waals surface area contributed by atoms with Crippen molar-refractivity contribution in [3.63, 3.8) is 0 Å². The molecule has 2 rings (SSSR count). The largest absolute Gasteiger partial charge is 0.469 e. The monoisotopic (exact) mass is 336 g/mol. The molecule has 0 aliphatic carbocycles. The molecule has 2 aromatic rings. The summed E-state index contributed by atoms with van der Waals surface area (Å²) >= 11 is 0. The number of furan rings is 1. The molecule has 0 bridgehead atoms. The van der Waals surface area contributed by atoms with Gasteiger partial charge in [-0.25, -0.2) is 8.42 Å². The molecule has 0 unspecified atom stereocenters. The Bertz CT molecular complexity index is 799. The van der Waals surface area contributed by atoms with Gasteiger partial charge in [0.25, 0.3) is 15.9 Å². The van der Waals surface area contributed by atoms with Gasteiger partial charge >= 0.3 is 0 Å². The maximum atomic E-state index is 12.2. The zero-order chi connectivity index (χ0) is 17.3. The normalized spacial score (nSPS) is 12.2. The van der Waals surface area contributed by atoms with Crippen molar-refractivity contribution in [1.29, 1.82) is 0 Å². The highest BCUT2D eigenvalue weighted by atomic mass is 32.2. The lowest BCUT2D eigenvalue weighted by molar-refractivity contribution is 0.0943. The van der Waals surface area contributed by atoms with Gasteiger partial charge in [-0.15, -0.1) is 4.83 Å². The van der Waals surface area contributed by atoms with E-state index in [4.69, 9.17) is 4.42 Å². The zero-order valence-electron chi connectivity index (χ0n) is 13.5. The van der Waals surface area contributed by atoms with Crippen molar-refractivity contribution in [2.45, 2.75) is 38.0 Å². The van der Waals surface area contributed by atoms with Crippen LogP contribution in [-0.2, 0) is 15.4 Å². The highest BCUT2D eigenvalue weighted by Gasteiger charge is 2.19. The highest BCUT2D eigenvalue weighted by Crippen LogP contribution is 2.23. The van der Waals surface area contributed by atoms with Gasteiger partial charge in [0.15, 0.2) is 0 Å². The van der Waals surface area contributed by atoms with Gasteiger partial charge in [0.05, 0.1) is 16.7 Å². The molecule has 1 heterocycles. The molecule has 7 heteroatoms. The average molecular weight is 336 g/mol. The summed E-state index contributed by atoms with van der Waals surface area (Å²) in [6.45, 7) is 7.75. The third-order valence-corrected chi connectivity index (χ3v) is 4.70. The summed E-state index contributed by atoms with van der Waals surface area (Å²) in [5.41, 5.74) is 3.40. The lowest BCUT2D eigenvalue weighted by atomic mass is 9.87. The minimum atomic E-state index is -3.83. The van der Waals surface area contributed by atoms with Crippen LogP contribution in [-0.4, -0.2) is 14.3 Å². The van der Waals surface area contributed by atoms with Gasteiger partial charge in [0.2, 0.25) is 0 Å². The summed E-state index contributed by atoms with van der Waals surface area (Å²) in [5, 5.41) is 0. The second-order valence-corrected chi connectivity index (χ2v) is 7.91. The summed E-state index contributed by atoms with van der Waals surface area (Å²) in [7, 11) is -3.83. The first-order valence-corrected chi connectivity index (χ1v) is 8.56. The average Bonchev–Trinajstić information content (AvgIpc) is 2.90. The van der Waals surface area contributed by atoms with E-state index in [1.54, 1.807) is 19.1 Å². The topological polar surface area (TPSA) is 88.4 Å². The van der Waals surface area contributed by atoms with Crippen LogP contribution in [0.4, 0.5) is 0 Å². The maximum Gasteiger partial charge on any atom is 0.269 e. The van der Waals surface area contributed by atoms with E-state index in [1.807, 2.05) is 20.8 Å². The molecule has 124 valence electrons. The number of amides is 1. The van der Waals surface area contributed by atoms with Crippen molar-refractivity contribution in [2.75, 3.05) is 0 Å². The van der Waals surface area contributed by atoms with Crippen LogP contribution < -0.4 is 10.3 Å². The van der Waals surface area contributed by atoms with Crippen LogP contribution in [0.15, 0.2) is 45.9 Å². The quantitative estimate of drug-likeness (QED) is 0.840. The van der Waals surface area contributed by atoms with Crippen LogP contribution in [0.5, 0.6) is 0 Å². The van der Waals surface area contributed by atoms with Gasteiger partial charge in [-0.3, -0.25) is 10.2 Å². The van der Waals surface area contributed by atoms with Crippen molar-refractivity contribution in [3.8, 4) is 0 Å². The standard InChI is InChI=1S/C16H20N2O4S/c1-11-14(9-10-22-11)15(19)17-18-23(20,21)13-7-5-12(6-8-13)16(2,3)4/h5-10,18H,1-4H3,(H,17,19). The Kier molecular flexibility index (Phi) is 4.63. The first kappa shape index (κ1) is 17.2. The Morgan fingerprint density at radius 3 is 2.17 bits per heavy atom. The molecular formula is C16H20N2O4S. The number of carbonyl (C=O) groups excluding carboxylic acids is 1. The molecule has 23 heavy (non-hydrogen) atoms. The Balaban J connectivity index is 2.10. The predicted molar refractivity (Wildman–Crippen MR) is 86.4 cm³/mol. The second-order valence-electron chi connectivity index (χ2n) is 6.22. The molecule has 0 spiro atoms. The van der Waals surface area contributed by atoms with Gasteiger partial charge in [-0.05, 0) is 36.1 Å². The number of carbonyl (C=O) groups is 1. The van der Waals surface area contributed by atoms with Crippen LogP contribution in [0, 0.1) is 6.92 Å². The number of hydrogen-bond donors (Lipinski definition) is 2. The van der Waals surface area contributed by atoms with Gasteiger partial charge < -0.3 is 4.42 Å².